The number of nitrogens with one attached hydrogen (secondary N) is 1. The molecular formula is C19H15F2N5O. The molecule has 1 aliphatic heterocycles. The van der Waals surface area contributed by atoms with Crippen molar-refractivity contribution in [3.05, 3.63) is 77.0 Å². The van der Waals surface area contributed by atoms with E-state index >= 15 is 0 Å². The minimum absolute atomic E-state index is 0.197. The van der Waals surface area contributed by atoms with Crippen molar-refractivity contribution in [1.82, 2.24) is 14.8 Å². The van der Waals surface area contributed by atoms with Crippen molar-refractivity contribution in [1.29, 1.82) is 0 Å². The van der Waals surface area contributed by atoms with Crippen LogP contribution in [0.2, 0.25) is 0 Å². The highest BCUT2D eigenvalue weighted by Crippen LogP contribution is 2.36. The smallest absolute Gasteiger partial charge is 0.248 e. The van der Waals surface area contributed by atoms with Crippen molar-refractivity contribution in [2.45, 2.75) is 13.0 Å². The van der Waals surface area contributed by atoms with Crippen LogP contribution in [0.4, 0.5) is 14.7 Å². The molecule has 6 nitrogen and oxygen atoms in total. The Morgan fingerprint density at radius 2 is 1.85 bits per heavy atom. The number of primary amides is 1. The molecule has 1 amide bonds. The molecule has 2 heterocycles. The molecule has 1 atom stereocenters. The van der Waals surface area contributed by atoms with Gasteiger partial charge in [0.25, 0.3) is 0 Å². The quantitative estimate of drug-likeness (QED) is 0.745. The molecule has 0 saturated carbocycles. The minimum Gasteiger partial charge on any atom is -0.366 e. The van der Waals surface area contributed by atoms with E-state index in [2.05, 4.69) is 15.4 Å². The summed E-state index contributed by atoms with van der Waals surface area (Å²) in [6.07, 6.45) is 0. The maximum Gasteiger partial charge on any atom is 0.248 e. The number of halogens is 2. The number of anilines is 1. The van der Waals surface area contributed by atoms with Crippen LogP contribution in [0.5, 0.6) is 0 Å². The molecule has 0 spiro atoms. The topological polar surface area (TPSA) is 85.8 Å². The summed E-state index contributed by atoms with van der Waals surface area (Å²) >= 11 is 0. The van der Waals surface area contributed by atoms with Crippen LogP contribution < -0.4 is 11.1 Å². The third-order valence-corrected chi connectivity index (χ3v) is 4.42. The van der Waals surface area contributed by atoms with Gasteiger partial charge in [0.1, 0.15) is 17.7 Å². The number of hydrogen-bond donors (Lipinski definition) is 2. The summed E-state index contributed by atoms with van der Waals surface area (Å²) in [7, 11) is 0. The number of hydrogen-bond acceptors (Lipinski definition) is 4. The SMILES string of the molecule is CC1=C(C(N)=O)C(c2ccccc2F)n2nc(-c3ccc(F)cc3)nc2N1. The first kappa shape index (κ1) is 16.9. The summed E-state index contributed by atoms with van der Waals surface area (Å²) in [5, 5.41) is 7.41. The molecule has 1 aliphatic rings. The van der Waals surface area contributed by atoms with Crippen molar-refractivity contribution in [3.63, 3.8) is 0 Å². The number of carbonyl (C=O) groups is 1. The zero-order valence-corrected chi connectivity index (χ0v) is 14.3. The fourth-order valence-electron chi connectivity index (χ4n) is 3.18. The van der Waals surface area contributed by atoms with Crippen LogP contribution in [0.3, 0.4) is 0 Å². The van der Waals surface area contributed by atoms with Crippen LogP contribution in [0.25, 0.3) is 11.4 Å². The van der Waals surface area contributed by atoms with E-state index < -0.39 is 17.8 Å². The Hall–Kier alpha value is -3.55. The second kappa shape index (κ2) is 6.31. The monoisotopic (exact) mass is 367 g/mol. The first-order chi connectivity index (χ1) is 13.0. The number of nitrogens with zero attached hydrogens (tertiary/aromatic N) is 3. The van der Waals surface area contributed by atoms with Crippen LogP contribution in [0.1, 0.15) is 18.5 Å². The molecule has 1 aromatic heterocycles. The number of nitrogens with two attached hydrogens (primary N) is 1. The van der Waals surface area contributed by atoms with Crippen LogP contribution in [-0.2, 0) is 4.79 Å². The van der Waals surface area contributed by atoms with E-state index in [4.69, 9.17) is 5.73 Å². The van der Waals surface area contributed by atoms with Gasteiger partial charge in [-0.3, -0.25) is 4.79 Å². The first-order valence-electron chi connectivity index (χ1n) is 8.20. The molecular weight excluding hydrogens is 352 g/mol. The maximum atomic E-state index is 14.5. The van der Waals surface area contributed by atoms with E-state index in [1.54, 1.807) is 37.3 Å². The number of allylic oxidation sites excluding steroid dienone is 1. The molecule has 0 radical (unpaired) electrons. The fraction of sp³-hybridized carbons (Fsp3) is 0.105. The van der Waals surface area contributed by atoms with Gasteiger partial charge in [-0.1, -0.05) is 18.2 Å². The van der Waals surface area contributed by atoms with Gasteiger partial charge in [-0.2, -0.15) is 4.98 Å². The Labute approximate surface area is 153 Å². The van der Waals surface area contributed by atoms with E-state index in [-0.39, 0.29) is 17.0 Å². The Bertz CT molecular complexity index is 1070. The van der Waals surface area contributed by atoms with Gasteiger partial charge in [-0.15, -0.1) is 5.10 Å². The summed E-state index contributed by atoms with van der Waals surface area (Å²) in [5.74, 6) is -0.889. The standard InChI is InChI=1S/C19H15F2N5O/c1-10-15(17(22)27)16(13-4-2-3-5-14(13)21)26-19(23-10)24-18(25-26)11-6-8-12(20)9-7-11/h2-9,16H,1H3,(H2,22,27)(H,23,24,25). The summed E-state index contributed by atoms with van der Waals surface area (Å²) in [6.45, 7) is 1.67. The van der Waals surface area contributed by atoms with Crippen LogP contribution in [0.15, 0.2) is 59.8 Å². The Morgan fingerprint density at radius 3 is 2.52 bits per heavy atom. The predicted molar refractivity (Wildman–Crippen MR) is 95.5 cm³/mol. The molecule has 4 rings (SSSR count). The molecule has 0 fully saturated rings. The highest BCUT2D eigenvalue weighted by molar-refractivity contribution is 5.95. The first-order valence-corrected chi connectivity index (χ1v) is 8.20. The lowest BCUT2D eigenvalue weighted by atomic mass is 9.95. The molecule has 1 unspecified atom stereocenters. The van der Waals surface area contributed by atoms with E-state index in [0.717, 1.165) is 0 Å². The minimum atomic E-state index is -0.860. The van der Waals surface area contributed by atoms with Gasteiger partial charge in [0.05, 0.1) is 5.57 Å². The summed E-state index contributed by atoms with van der Waals surface area (Å²) in [6, 6.07) is 11.0. The predicted octanol–water partition coefficient (Wildman–Crippen LogP) is 3.00. The van der Waals surface area contributed by atoms with Crippen LogP contribution >= 0.6 is 0 Å². The van der Waals surface area contributed by atoms with Crippen LogP contribution in [-0.4, -0.2) is 20.7 Å². The number of carbonyl (C=O) groups excluding carboxylic acids is 1. The molecule has 8 heteroatoms. The highest BCUT2D eigenvalue weighted by Gasteiger charge is 2.34. The van der Waals surface area contributed by atoms with Gasteiger partial charge in [0.2, 0.25) is 11.9 Å². The summed E-state index contributed by atoms with van der Waals surface area (Å²) in [4.78, 5) is 16.5. The highest BCUT2D eigenvalue weighted by atomic mass is 19.1. The van der Waals surface area contributed by atoms with Gasteiger partial charge in [0, 0.05) is 16.8 Å². The van der Waals surface area contributed by atoms with Crippen molar-refractivity contribution >= 4 is 11.9 Å². The van der Waals surface area contributed by atoms with Crippen LogP contribution in [0, 0.1) is 11.6 Å². The molecule has 27 heavy (non-hydrogen) atoms. The van der Waals surface area contributed by atoms with Crippen molar-refractivity contribution in [3.8, 4) is 11.4 Å². The summed E-state index contributed by atoms with van der Waals surface area (Å²) < 4.78 is 29.1. The average molecular weight is 367 g/mol. The third-order valence-electron chi connectivity index (χ3n) is 4.42. The number of aromatic nitrogens is 3. The number of amides is 1. The van der Waals surface area contributed by atoms with E-state index in [1.165, 1.54) is 22.9 Å². The van der Waals surface area contributed by atoms with Gasteiger partial charge in [-0.25, -0.2) is 13.5 Å². The maximum absolute atomic E-state index is 14.5. The van der Waals surface area contributed by atoms with Crippen molar-refractivity contribution in [2.24, 2.45) is 5.73 Å². The second-order valence-electron chi connectivity index (χ2n) is 6.16. The number of fused-ring (bicyclic) bond motifs is 1. The normalized spacial score (nSPS) is 16.0. The third kappa shape index (κ3) is 2.84. The van der Waals surface area contributed by atoms with Crippen molar-refractivity contribution < 1.29 is 13.6 Å². The summed E-state index contributed by atoms with van der Waals surface area (Å²) in [5.41, 5.74) is 7.08. The molecule has 136 valence electrons. The molecule has 3 aromatic rings. The lowest BCUT2D eigenvalue weighted by Gasteiger charge is -2.27. The zero-order valence-electron chi connectivity index (χ0n) is 14.3. The molecule has 0 saturated heterocycles. The number of benzene rings is 2. The lowest BCUT2D eigenvalue weighted by Crippen LogP contribution is -2.32. The molecule has 0 aliphatic carbocycles. The molecule has 3 N–H and O–H groups in total. The molecule has 0 bridgehead atoms. The largest absolute Gasteiger partial charge is 0.366 e. The lowest BCUT2D eigenvalue weighted by molar-refractivity contribution is -0.115. The Balaban J connectivity index is 1.90. The van der Waals surface area contributed by atoms with Gasteiger partial charge in [-0.05, 0) is 37.3 Å². The van der Waals surface area contributed by atoms with Gasteiger partial charge < -0.3 is 11.1 Å². The second-order valence-corrected chi connectivity index (χ2v) is 6.16. The average Bonchev–Trinajstić information content (AvgIpc) is 3.05. The zero-order chi connectivity index (χ0) is 19.1. The van der Waals surface area contributed by atoms with Gasteiger partial charge >= 0.3 is 0 Å². The van der Waals surface area contributed by atoms with E-state index in [1.807, 2.05) is 0 Å². The fourth-order valence-corrected chi connectivity index (χ4v) is 3.18. The Kier molecular flexibility index (Phi) is 3.95. The van der Waals surface area contributed by atoms with Gasteiger partial charge in [0.15, 0.2) is 5.82 Å². The Morgan fingerprint density at radius 1 is 1.15 bits per heavy atom. The van der Waals surface area contributed by atoms with E-state index in [9.17, 15) is 13.6 Å². The van der Waals surface area contributed by atoms with E-state index in [0.29, 0.717) is 23.0 Å². The number of rotatable bonds is 3. The van der Waals surface area contributed by atoms with Crippen molar-refractivity contribution in [2.75, 3.05) is 5.32 Å². The molecule has 2 aromatic carbocycles.